The molecule has 1 heterocycles. The number of nitrogens with zero attached hydrogens (tertiary/aromatic N) is 3. The van der Waals surface area contributed by atoms with Gasteiger partial charge in [-0.15, -0.1) is 11.3 Å². The van der Waals surface area contributed by atoms with Gasteiger partial charge in [0, 0.05) is 23.0 Å². The number of halogens is 1. The summed E-state index contributed by atoms with van der Waals surface area (Å²) >= 11 is 7.74. The quantitative estimate of drug-likeness (QED) is 0.419. The summed E-state index contributed by atoms with van der Waals surface area (Å²) in [5.74, 6) is 0. The fraction of sp³-hybridized carbons (Fsp3) is 0.200. The molecule has 0 N–H and O–H groups in total. The molecule has 3 aromatic rings. The SMILES string of the molecule is CCc1ccc(Cl)cc1-c1csc(N(C)/N=C/c2ccccc2C)n1. The third-order valence-corrected chi connectivity index (χ3v) is 5.20. The van der Waals surface area contributed by atoms with E-state index in [9.17, 15) is 0 Å². The number of aryl methyl sites for hydroxylation is 2. The van der Waals surface area contributed by atoms with Crippen molar-refractivity contribution in [2.75, 3.05) is 12.1 Å². The van der Waals surface area contributed by atoms with Crippen LogP contribution in [0.5, 0.6) is 0 Å². The molecule has 0 spiro atoms. The van der Waals surface area contributed by atoms with Gasteiger partial charge in [0.2, 0.25) is 5.13 Å². The van der Waals surface area contributed by atoms with E-state index < -0.39 is 0 Å². The van der Waals surface area contributed by atoms with E-state index in [0.717, 1.165) is 33.4 Å². The van der Waals surface area contributed by atoms with Crippen molar-refractivity contribution >= 4 is 34.3 Å². The molecule has 3 nitrogen and oxygen atoms in total. The average Bonchev–Trinajstić information content (AvgIpc) is 3.11. The molecule has 0 fully saturated rings. The van der Waals surface area contributed by atoms with Gasteiger partial charge in [-0.05, 0) is 42.2 Å². The zero-order chi connectivity index (χ0) is 17.8. The Morgan fingerprint density at radius 2 is 2.04 bits per heavy atom. The lowest BCUT2D eigenvalue weighted by molar-refractivity contribution is 1.01. The number of benzene rings is 2. The summed E-state index contributed by atoms with van der Waals surface area (Å²) in [6, 6.07) is 14.1. The fourth-order valence-corrected chi connectivity index (χ4v) is 3.48. The lowest BCUT2D eigenvalue weighted by Gasteiger charge is -2.09. The second kappa shape index (κ2) is 7.81. The first kappa shape index (κ1) is 17.6. The van der Waals surface area contributed by atoms with E-state index in [1.165, 1.54) is 11.1 Å². The van der Waals surface area contributed by atoms with Crippen LogP contribution in [0, 0.1) is 6.92 Å². The van der Waals surface area contributed by atoms with Crippen LogP contribution in [0.25, 0.3) is 11.3 Å². The van der Waals surface area contributed by atoms with Crippen LogP contribution in [-0.2, 0) is 6.42 Å². The van der Waals surface area contributed by atoms with Crippen molar-refractivity contribution in [1.82, 2.24) is 4.98 Å². The number of rotatable bonds is 5. The average molecular weight is 370 g/mol. The molecule has 0 bridgehead atoms. The number of thiazole rings is 1. The second-order valence-corrected chi connectivity index (χ2v) is 7.07. The van der Waals surface area contributed by atoms with Crippen molar-refractivity contribution < 1.29 is 0 Å². The van der Waals surface area contributed by atoms with Crippen LogP contribution in [0.2, 0.25) is 5.02 Å². The van der Waals surface area contributed by atoms with E-state index in [-0.39, 0.29) is 0 Å². The van der Waals surface area contributed by atoms with Crippen molar-refractivity contribution in [3.8, 4) is 11.3 Å². The van der Waals surface area contributed by atoms with Crippen LogP contribution in [0.3, 0.4) is 0 Å². The van der Waals surface area contributed by atoms with Gasteiger partial charge in [-0.2, -0.15) is 5.10 Å². The highest BCUT2D eigenvalue weighted by Crippen LogP contribution is 2.31. The molecule has 0 saturated carbocycles. The first-order chi connectivity index (χ1) is 12.1. The van der Waals surface area contributed by atoms with Gasteiger partial charge in [-0.25, -0.2) is 9.99 Å². The van der Waals surface area contributed by atoms with E-state index in [2.05, 4.69) is 42.5 Å². The predicted molar refractivity (Wildman–Crippen MR) is 109 cm³/mol. The second-order valence-electron chi connectivity index (χ2n) is 5.80. The van der Waals surface area contributed by atoms with E-state index in [4.69, 9.17) is 16.6 Å². The number of aromatic nitrogens is 1. The molecule has 0 radical (unpaired) electrons. The van der Waals surface area contributed by atoms with Gasteiger partial charge in [0.05, 0.1) is 11.9 Å². The van der Waals surface area contributed by atoms with E-state index in [1.807, 2.05) is 37.5 Å². The van der Waals surface area contributed by atoms with Crippen molar-refractivity contribution in [2.45, 2.75) is 20.3 Å². The Bertz CT molecular complexity index is 901. The van der Waals surface area contributed by atoms with Crippen LogP contribution in [0.15, 0.2) is 52.9 Å². The Balaban J connectivity index is 1.84. The van der Waals surface area contributed by atoms with Gasteiger partial charge in [0.25, 0.3) is 0 Å². The van der Waals surface area contributed by atoms with Crippen LogP contribution in [0.4, 0.5) is 5.13 Å². The molecule has 0 aliphatic carbocycles. The Morgan fingerprint density at radius 1 is 1.24 bits per heavy atom. The first-order valence-electron chi connectivity index (χ1n) is 8.16. The van der Waals surface area contributed by atoms with Gasteiger partial charge in [0.15, 0.2) is 0 Å². The highest BCUT2D eigenvalue weighted by atomic mass is 35.5. The van der Waals surface area contributed by atoms with E-state index >= 15 is 0 Å². The van der Waals surface area contributed by atoms with Crippen LogP contribution in [-0.4, -0.2) is 18.2 Å². The summed E-state index contributed by atoms with van der Waals surface area (Å²) in [5, 5.41) is 9.96. The van der Waals surface area contributed by atoms with Crippen molar-refractivity contribution in [1.29, 1.82) is 0 Å². The monoisotopic (exact) mass is 369 g/mol. The fourth-order valence-electron chi connectivity index (χ4n) is 2.56. The van der Waals surface area contributed by atoms with Crippen LogP contribution < -0.4 is 5.01 Å². The van der Waals surface area contributed by atoms with E-state index in [0.29, 0.717) is 0 Å². The maximum atomic E-state index is 6.17. The molecule has 0 atom stereocenters. The minimum atomic E-state index is 0.729. The Kier molecular flexibility index (Phi) is 5.51. The zero-order valence-electron chi connectivity index (χ0n) is 14.5. The maximum Gasteiger partial charge on any atom is 0.206 e. The predicted octanol–water partition coefficient (Wildman–Crippen LogP) is 5.80. The number of anilines is 1. The molecule has 0 unspecified atom stereocenters. The summed E-state index contributed by atoms with van der Waals surface area (Å²) in [5.41, 5.74) is 5.58. The highest BCUT2D eigenvalue weighted by Gasteiger charge is 2.11. The van der Waals surface area contributed by atoms with Crippen molar-refractivity contribution in [3.63, 3.8) is 0 Å². The normalized spacial score (nSPS) is 11.2. The molecular weight excluding hydrogens is 350 g/mol. The summed E-state index contributed by atoms with van der Waals surface area (Å²) in [6.45, 7) is 4.22. The van der Waals surface area contributed by atoms with Crippen molar-refractivity contribution in [3.05, 3.63) is 69.6 Å². The molecule has 0 aliphatic heterocycles. The van der Waals surface area contributed by atoms with Gasteiger partial charge < -0.3 is 0 Å². The molecule has 0 aliphatic rings. The molecule has 25 heavy (non-hydrogen) atoms. The molecule has 5 heteroatoms. The molecule has 3 rings (SSSR count). The summed E-state index contributed by atoms with van der Waals surface area (Å²) < 4.78 is 0. The van der Waals surface area contributed by atoms with E-state index in [1.54, 1.807) is 16.3 Å². The van der Waals surface area contributed by atoms with Gasteiger partial charge >= 0.3 is 0 Å². The summed E-state index contributed by atoms with van der Waals surface area (Å²) in [6.07, 6.45) is 2.81. The van der Waals surface area contributed by atoms with Gasteiger partial charge in [-0.3, -0.25) is 0 Å². The van der Waals surface area contributed by atoms with Gasteiger partial charge in [0.1, 0.15) is 0 Å². The van der Waals surface area contributed by atoms with Gasteiger partial charge in [-0.1, -0.05) is 48.9 Å². The largest absolute Gasteiger partial charge is 0.242 e. The summed E-state index contributed by atoms with van der Waals surface area (Å²) in [4.78, 5) is 4.74. The standard InChI is InChI=1S/C20H20ClN3S/c1-4-15-9-10-17(21)11-18(15)19-13-25-20(23-19)24(3)22-12-16-8-6-5-7-14(16)2/h5-13H,4H2,1-3H3/b22-12+. The number of hydrogen-bond donors (Lipinski definition) is 0. The molecule has 0 saturated heterocycles. The zero-order valence-corrected chi connectivity index (χ0v) is 16.1. The van der Waals surface area contributed by atoms with Crippen molar-refractivity contribution in [2.24, 2.45) is 5.10 Å². The smallest absolute Gasteiger partial charge is 0.206 e. The third-order valence-electron chi connectivity index (χ3n) is 4.06. The minimum absolute atomic E-state index is 0.729. The first-order valence-corrected chi connectivity index (χ1v) is 9.42. The topological polar surface area (TPSA) is 28.5 Å². The summed E-state index contributed by atoms with van der Waals surface area (Å²) in [7, 11) is 1.91. The molecule has 2 aromatic carbocycles. The minimum Gasteiger partial charge on any atom is -0.242 e. The molecular formula is C20H20ClN3S. The molecule has 128 valence electrons. The van der Waals surface area contributed by atoms with Crippen LogP contribution in [0.1, 0.15) is 23.6 Å². The molecule has 1 aromatic heterocycles. The Labute approximate surface area is 157 Å². The third kappa shape index (κ3) is 4.09. The lowest BCUT2D eigenvalue weighted by Crippen LogP contribution is -2.08. The van der Waals surface area contributed by atoms with Crippen LogP contribution >= 0.6 is 22.9 Å². The molecule has 0 amide bonds. The lowest BCUT2D eigenvalue weighted by atomic mass is 10.0. The Morgan fingerprint density at radius 3 is 2.80 bits per heavy atom. The number of hydrogen-bond acceptors (Lipinski definition) is 4. The number of hydrazone groups is 1. The maximum absolute atomic E-state index is 6.17. The Hall–Kier alpha value is -2.17. The highest BCUT2D eigenvalue weighted by molar-refractivity contribution is 7.14.